The Morgan fingerprint density at radius 1 is 0.840 bits per heavy atom. The van der Waals surface area contributed by atoms with Crippen LogP contribution in [0.4, 0.5) is 0 Å². The molecule has 0 aliphatic heterocycles. The normalized spacial score (nSPS) is 11.0. The van der Waals surface area contributed by atoms with Crippen molar-refractivity contribution < 1.29 is 4.74 Å². The molecule has 0 atom stereocenters. The molecule has 0 saturated carbocycles. The molecule has 25 heavy (non-hydrogen) atoms. The van der Waals surface area contributed by atoms with Gasteiger partial charge in [0.25, 0.3) is 0 Å². The summed E-state index contributed by atoms with van der Waals surface area (Å²) in [5.74, 6) is 0. The van der Waals surface area contributed by atoms with Gasteiger partial charge in [-0.3, -0.25) is 9.98 Å². The number of ether oxygens (including phenoxy) is 1. The van der Waals surface area contributed by atoms with Gasteiger partial charge in [-0.15, -0.1) is 12.4 Å². The molecule has 0 saturated heterocycles. The topological polar surface area (TPSA) is 42.9 Å². The van der Waals surface area contributed by atoms with Gasteiger partial charge in [0.05, 0.1) is 11.0 Å². The minimum absolute atomic E-state index is 0. The Kier molecular flexibility index (Phi) is 10.6. The third-order valence-corrected chi connectivity index (χ3v) is 4.53. The molecule has 0 unspecified atom stereocenters. The second kappa shape index (κ2) is 12.2. The van der Waals surface area contributed by atoms with E-state index in [1.807, 2.05) is 16.7 Å². The summed E-state index contributed by atoms with van der Waals surface area (Å²) in [4.78, 5) is 0. The summed E-state index contributed by atoms with van der Waals surface area (Å²) in [5.41, 5.74) is 2.76. The van der Waals surface area contributed by atoms with Crippen LogP contribution in [0.15, 0.2) is 24.3 Å². The second-order valence-corrected chi connectivity index (χ2v) is 6.55. The minimum Gasteiger partial charge on any atom is -0.361 e. The molecule has 142 valence electrons. The van der Waals surface area contributed by atoms with Crippen molar-refractivity contribution in [3.63, 3.8) is 0 Å². The van der Waals surface area contributed by atoms with Gasteiger partial charge in [-0.05, 0) is 25.0 Å². The maximum Gasteiger partial charge on any atom is 0.204 e. The van der Waals surface area contributed by atoms with Gasteiger partial charge < -0.3 is 9.30 Å². The largest absolute Gasteiger partial charge is 0.361 e. The predicted octanol–water partition coefficient (Wildman–Crippen LogP) is 5.48. The van der Waals surface area contributed by atoms with Crippen LogP contribution in [0, 0.1) is 5.41 Å². The van der Waals surface area contributed by atoms with Crippen molar-refractivity contribution in [1.82, 2.24) is 9.13 Å². The van der Waals surface area contributed by atoms with Crippen LogP contribution < -0.4 is 5.62 Å². The maximum absolute atomic E-state index is 8.43. The monoisotopic (exact) mass is 367 g/mol. The third kappa shape index (κ3) is 6.19. The van der Waals surface area contributed by atoms with Crippen LogP contribution in [0.3, 0.4) is 0 Å². The Labute approximate surface area is 158 Å². The quantitative estimate of drug-likeness (QED) is 0.496. The lowest BCUT2D eigenvalue weighted by Crippen LogP contribution is -2.25. The number of benzene rings is 1. The molecule has 0 aliphatic rings. The molecule has 2 aromatic rings. The number of nitrogens with zero attached hydrogens (tertiary/aromatic N) is 2. The summed E-state index contributed by atoms with van der Waals surface area (Å²) >= 11 is 0. The Bertz CT molecular complexity index is 662. The SMILES string of the molecule is CCCCCCCCCOCn1c(=N)n(CCC)c2ccccc21.Cl. The fourth-order valence-electron chi connectivity index (χ4n) is 3.19. The van der Waals surface area contributed by atoms with Gasteiger partial charge in [0.1, 0.15) is 6.73 Å². The van der Waals surface area contributed by atoms with Crippen molar-refractivity contribution in [2.45, 2.75) is 78.5 Å². The molecule has 4 nitrogen and oxygen atoms in total. The van der Waals surface area contributed by atoms with E-state index in [9.17, 15) is 0 Å². The summed E-state index contributed by atoms with van der Waals surface area (Å²) in [7, 11) is 0. The number of nitrogens with one attached hydrogen (secondary N) is 1. The first-order chi connectivity index (χ1) is 11.8. The number of hydrogen-bond donors (Lipinski definition) is 1. The summed E-state index contributed by atoms with van der Waals surface area (Å²) in [6, 6.07) is 8.25. The minimum atomic E-state index is 0. The Morgan fingerprint density at radius 3 is 2.08 bits per heavy atom. The van der Waals surface area contributed by atoms with Gasteiger partial charge in [0.15, 0.2) is 0 Å². The second-order valence-electron chi connectivity index (χ2n) is 6.55. The lowest BCUT2D eigenvalue weighted by molar-refractivity contribution is 0.0729. The Balaban J connectivity index is 0.00000312. The highest BCUT2D eigenvalue weighted by atomic mass is 35.5. The fraction of sp³-hybridized carbons (Fsp3) is 0.650. The standard InChI is InChI=1S/C20H33N3O.ClH/c1-3-5-6-7-8-9-12-16-24-17-23-19-14-11-10-13-18(19)22(15-4-2)20(23)21;/h10-11,13-14,21H,3-9,12,15-17H2,1-2H3;1H. The molecule has 0 spiro atoms. The molecule has 1 N–H and O–H groups in total. The van der Waals surface area contributed by atoms with Crippen molar-refractivity contribution in [2.75, 3.05) is 6.61 Å². The fourth-order valence-corrected chi connectivity index (χ4v) is 3.19. The van der Waals surface area contributed by atoms with Gasteiger partial charge in [-0.25, -0.2) is 0 Å². The smallest absolute Gasteiger partial charge is 0.204 e. The molecule has 2 rings (SSSR count). The van der Waals surface area contributed by atoms with Crippen molar-refractivity contribution in [3.05, 3.63) is 29.9 Å². The number of halogens is 1. The predicted molar refractivity (Wildman–Crippen MR) is 107 cm³/mol. The summed E-state index contributed by atoms with van der Waals surface area (Å²) in [5, 5.41) is 8.43. The van der Waals surface area contributed by atoms with Crippen molar-refractivity contribution >= 4 is 23.4 Å². The first kappa shape index (κ1) is 21.8. The van der Waals surface area contributed by atoms with Gasteiger partial charge in [0.2, 0.25) is 5.62 Å². The zero-order valence-corrected chi connectivity index (χ0v) is 16.6. The Hall–Kier alpha value is -1.26. The number of imidazole rings is 1. The molecule has 0 aliphatic carbocycles. The van der Waals surface area contributed by atoms with Crippen LogP contribution in [-0.4, -0.2) is 15.7 Å². The molecule has 5 heteroatoms. The van der Waals surface area contributed by atoms with E-state index in [2.05, 4.69) is 30.5 Å². The van der Waals surface area contributed by atoms with Crippen LogP contribution in [0.2, 0.25) is 0 Å². The molecular weight excluding hydrogens is 334 g/mol. The van der Waals surface area contributed by atoms with Gasteiger partial charge in [-0.2, -0.15) is 0 Å². The van der Waals surface area contributed by atoms with E-state index < -0.39 is 0 Å². The van der Waals surface area contributed by atoms with E-state index >= 15 is 0 Å². The highest BCUT2D eigenvalue weighted by Gasteiger charge is 2.09. The first-order valence-electron chi connectivity index (χ1n) is 9.60. The third-order valence-electron chi connectivity index (χ3n) is 4.53. The zero-order valence-electron chi connectivity index (χ0n) is 15.8. The number of hydrogen-bond acceptors (Lipinski definition) is 2. The average Bonchev–Trinajstić information content (AvgIpc) is 2.86. The van der Waals surface area contributed by atoms with E-state index in [1.54, 1.807) is 0 Å². The Morgan fingerprint density at radius 2 is 1.44 bits per heavy atom. The van der Waals surface area contributed by atoms with Gasteiger partial charge in [0, 0.05) is 13.2 Å². The van der Waals surface area contributed by atoms with Crippen LogP contribution in [0.1, 0.15) is 65.2 Å². The molecule has 0 radical (unpaired) electrons. The van der Waals surface area contributed by atoms with Crippen molar-refractivity contribution in [3.8, 4) is 0 Å². The highest BCUT2D eigenvalue weighted by Crippen LogP contribution is 2.13. The van der Waals surface area contributed by atoms with Crippen LogP contribution >= 0.6 is 12.4 Å². The molecule has 0 fully saturated rings. The zero-order chi connectivity index (χ0) is 17.2. The first-order valence-corrected chi connectivity index (χ1v) is 9.60. The highest BCUT2D eigenvalue weighted by molar-refractivity contribution is 5.85. The van der Waals surface area contributed by atoms with Crippen LogP contribution in [0.25, 0.3) is 11.0 Å². The van der Waals surface area contributed by atoms with E-state index in [1.165, 1.54) is 38.5 Å². The number of para-hydroxylation sites is 2. The van der Waals surface area contributed by atoms with Crippen molar-refractivity contribution in [1.29, 1.82) is 5.41 Å². The van der Waals surface area contributed by atoms with E-state index in [-0.39, 0.29) is 12.4 Å². The maximum atomic E-state index is 8.43. The van der Waals surface area contributed by atoms with E-state index in [0.29, 0.717) is 12.3 Å². The molecule has 1 aromatic carbocycles. The van der Waals surface area contributed by atoms with E-state index in [4.69, 9.17) is 10.1 Å². The number of rotatable bonds is 12. The lowest BCUT2D eigenvalue weighted by Gasteiger charge is -2.07. The molecular formula is C20H34ClN3O. The van der Waals surface area contributed by atoms with Gasteiger partial charge >= 0.3 is 0 Å². The number of unbranched alkanes of at least 4 members (excludes halogenated alkanes) is 6. The number of fused-ring (bicyclic) bond motifs is 1. The van der Waals surface area contributed by atoms with Crippen molar-refractivity contribution in [2.24, 2.45) is 0 Å². The number of aromatic nitrogens is 2. The lowest BCUT2D eigenvalue weighted by atomic mass is 10.1. The van der Waals surface area contributed by atoms with Crippen LogP contribution in [0.5, 0.6) is 0 Å². The summed E-state index contributed by atoms with van der Waals surface area (Å²) in [6.45, 7) is 6.54. The molecule has 1 heterocycles. The number of aryl methyl sites for hydroxylation is 1. The molecule has 1 aromatic heterocycles. The van der Waals surface area contributed by atoms with Crippen LogP contribution in [-0.2, 0) is 18.0 Å². The summed E-state index contributed by atoms with van der Waals surface area (Å²) < 4.78 is 9.91. The van der Waals surface area contributed by atoms with E-state index in [0.717, 1.165) is 37.0 Å². The average molecular weight is 368 g/mol. The molecule has 0 amide bonds. The van der Waals surface area contributed by atoms with Gasteiger partial charge in [-0.1, -0.05) is 64.5 Å². The molecule has 0 bridgehead atoms. The summed E-state index contributed by atoms with van der Waals surface area (Å²) in [6.07, 6.45) is 10.1.